The molecule has 1 aromatic rings. The highest BCUT2D eigenvalue weighted by atomic mass is 32.2. The maximum absolute atomic E-state index is 12.7. The Morgan fingerprint density at radius 2 is 1.77 bits per heavy atom. The first-order valence-electron chi connectivity index (χ1n) is 10.2. The van der Waals surface area contributed by atoms with Crippen LogP contribution in [0.2, 0.25) is 0 Å². The van der Waals surface area contributed by atoms with Gasteiger partial charge in [-0.1, -0.05) is 12.1 Å². The van der Waals surface area contributed by atoms with Gasteiger partial charge in [-0.05, 0) is 42.9 Å². The van der Waals surface area contributed by atoms with Crippen LogP contribution >= 0.6 is 0 Å². The van der Waals surface area contributed by atoms with Gasteiger partial charge in [0, 0.05) is 34.1 Å². The van der Waals surface area contributed by atoms with E-state index in [1.54, 1.807) is 17.0 Å². The lowest BCUT2D eigenvalue weighted by molar-refractivity contribution is -0.0827. The maximum atomic E-state index is 12.7. The average Bonchev–Trinajstić information content (AvgIpc) is 3.02. The number of nitrogens with one attached hydrogen (secondary N) is 2. The van der Waals surface area contributed by atoms with Crippen LogP contribution in [0.4, 0.5) is 22.8 Å². The SMILES string of the molecule is N=S(c1ccc(CC2CC3(C2)CN(C(=O)N2CC4(COC(=O)N4)C2)C3)cc1)C(F)(F)F. The van der Waals surface area contributed by atoms with Gasteiger partial charge in [-0.3, -0.25) is 4.78 Å². The van der Waals surface area contributed by atoms with Crippen LogP contribution < -0.4 is 5.32 Å². The quantitative estimate of drug-likeness (QED) is 0.733. The summed E-state index contributed by atoms with van der Waals surface area (Å²) in [7, 11) is -2.50. The summed E-state index contributed by atoms with van der Waals surface area (Å²) in [5.74, 6) is 0.470. The number of alkyl halides is 3. The molecular weight excluding hydrogens is 433 g/mol. The van der Waals surface area contributed by atoms with Crippen molar-refractivity contribution in [1.29, 1.82) is 4.78 Å². The monoisotopic (exact) mass is 456 g/mol. The molecule has 1 aliphatic carbocycles. The van der Waals surface area contributed by atoms with Crippen molar-refractivity contribution >= 4 is 22.8 Å². The number of likely N-dealkylation sites (tertiary alicyclic amines) is 2. The first-order chi connectivity index (χ1) is 14.6. The second-order valence-electron chi connectivity index (χ2n) is 9.35. The third kappa shape index (κ3) is 3.66. The molecule has 3 saturated heterocycles. The third-order valence-corrected chi connectivity index (χ3v) is 7.99. The number of alkyl carbamates (subject to hydrolysis) is 1. The van der Waals surface area contributed by atoms with Crippen LogP contribution in [0.15, 0.2) is 29.2 Å². The zero-order chi connectivity index (χ0) is 22.0. The van der Waals surface area contributed by atoms with Crippen LogP contribution in [0.1, 0.15) is 18.4 Å². The van der Waals surface area contributed by atoms with Crippen LogP contribution in [0, 0.1) is 16.1 Å². The minimum Gasteiger partial charge on any atom is -0.447 e. The smallest absolute Gasteiger partial charge is 0.447 e. The first kappa shape index (κ1) is 20.6. The molecule has 31 heavy (non-hydrogen) atoms. The Bertz CT molecular complexity index is 932. The number of hydrogen-bond acceptors (Lipinski definition) is 4. The van der Waals surface area contributed by atoms with Crippen LogP contribution in [0.3, 0.4) is 0 Å². The maximum Gasteiger partial charge on any atom is 0.456 e. The van der Waals surface area contributed by atoms with Gasteiger partial charge < -0.3 is 19.9 Å². The van der Waals surface area contributed by atoms with Crippen molar-refractivity contribution in [3.8, 4) is 0 Å². The summed E-state index contributed by atoms with van der Waals surface area (Å²) in [5, 5.41) is 2.77. The van der Waals surface area contributed by atoms with E-state index in [1.807, 2.05) is 4.90 Å². The minimum atomic E-state index is -4.52. The summed E-state index contributed by atoms with van der Waals surface area (Å²) >= 11 is 0. The molecule has 4 aliphatic rings. The Hall–Kier alpha value is -2.30. The number of amides is 3. The highest BCUT2D eigenvalue weighted by Crippen LogP contribution is 2.53. The molecule has 11 heteroatoms. The summed E-state index contributed by atoms with van der Waals surface area (Å²) in [4.78, 5) is 27.4. The predicted molar refractivity (Wildman–Crippen MR) is 105 cm³/mol. The van der Waals surface area contributed by atoms with E-state index in [9.17, 15) is 22.8 Å². The number of halogens is 3. The summed E-state index contributed by atoms with van der Waals surface area (Å²) < 4.78 is 50.2. The third-order valence-electron chi connectivity index (χ3n) is 6.79. The molecule has 7 nitrogen and oxygen atoms in total. The van der Waals surface area contributed by atoms with Crippen molar-refractivity contribution in [3.05, 3.63) is 29.8 Å². The molecule has 0 bridgehead atoms. The molecule has 2 N–H and O–H groups in total. The second kappa shape index (κ2) is 6.85. The van der Waals surface area contributed by atoms with E-state index in [0.717, 1.165) is 37.9 Å². The van der Waals surface area contributed by atoms with Crippen molar-refractivity contribution in [1.82, 2.24) is 15.1 Å². The average molecular weight is 456 g/mol. The van der Waals surface area contributed by atoms with Gasteiger partial charge in [0.15, 0.2) is 0 Å². The lowest BCUT2D eigenvalue weighted by Gasteiger charge is -2.61. The first-order valence-corrected chi connectivity index (χ1v) is 11.4. The predicted octanol–water partition coefficient (Wildman–Crippen LogP) is 3.11. The van der Waals surface area contributed by atoms with Gasteiger partial charge >= 0.3 is 17.6 Å². The van der Waals surface area contributed by atoms with Crippen molar-refractivity contribution in [2.24, 2.45) is 11.3 Å². The largest absolute Gasteiger partial charge is 0.456 e. The topological polar surface area (TPSA) is 85.7 Å². The molecule has 1 aromatic carbocycles. The summed E-state index contributed by atoms with van der Waals surface area (Å²) in [6, 6.07) is 6.22. The van der Waals surface area contributed by atoms with Crippen molar-refractivity contribution in [2.75, 3.05) is 32.8 Å². The number of rotatable bonds is 3. The van der Waals surface area contributed by atoms with E-state index in [-0.39, 0.29) is 16.3 Å². The molecule has 3 heterocycles. The number of nitrogens with zero attached hydrogens (tertiary/aromatic N) is 2. The number of urea groups is 1. The fraction of sp³-hybridized carbons (Fsp3) is 0.600. The summed E-state index contributed by atoms with van der Waals surface area (Å²) in [6.07, 6.45) is 2.41. The lowest BCUT2D eigenvalue weighted by atomic mass is 9.56. The standard InChI is InChI=1S/C20H23F3N4O3S/c21-20(22,23)31(24)15-3-1-13(2-4-15)5-14-6-18(7-14)8-26(9-18)17(29)27-10-19(11-27)12-30-16(28)25-19/h1-4,14,24H,5-12H2,(H,25,28). The minimum absolute atomic E-state index is 0.00637. The molecule has 1 unspecified atom stereocenters. The fourth-order valence-electron chi connectivity index (χ4n) is 5.38. The number of benzene rings is 1. The molecule has 168 valence electrons. The van der Waals surface area contributed by atoms with E-state index in [4.69, 9.17) is 9.52 Å². The Morgan fingerprint density at radius 3 is 2.32 bits per heavy atom. The molecule has 3 aliphatic heterocycles. The molecule has 2 spiro atoms. The molecular formula is C20H23F3N4O3S. The molecule has 1 atom stereocenters. The van der Waals surface area contributed by atoms with Gasteiger partial charge in [-0.2, -0.15) is 13.2 Å². The Morgan fingerprint density at radius 1 is 1.16 bits per heavy atom. The zero-order valence-electron chi connectivity index (χ0n) is 16.7. The van der Waals surface area contributed by atoms with Gasteiger partial charge in [0.05, 0.1) is 13.1 Å². The van der Waals surface area contributed by atoms with Crippen LogP contribution in [-0.2, 0) is 21.8 Å². The number of ether oxygens (including phenoxy) is 1. The highest BCUT2D eigenvalue weighted by Gasteiger charge is 2.57. The molecule has 3 amide bonds. The van der Waals surface area contributed by atoms with E-state index in [0.29, 0.717) is 25.6 Å². The van der Waals surface area contributed by atoms with Crippen molar-refractivity contribution in [3.63, 3.8) is 0 Å². The molecule has 0 radical (unpaired) electrons. The fourth-order valence-corrected chi connectivity index (χ4v) is 6.05. The number of hydrogen-bond donors (Lipinski definition) is 2. The Balaban J connectivity index is 1.06. The number of carbonyl (C=O) groups is 2. The van der Waals surface area contributed by atoms with Gasteiger partial charge in [-0.25, -0.2) is 9.59 Å². The highest BCUT2D eigenvalue weighted by molar-refractivity contribution is 7.87. The Labute approximate surface area is 179 Å². The van der Waals surface area contributed by atoms with E-state index in [1.165, 1.54) is 12.1 Å². The zero-order valence-corrected chi connectivity index (χ0v) is 17.5. The van der Waals surface area contributed by atoms with Crippen LogP contribution in [0.25, 0.3) is 0 Å². The van der Waals surface area contributed by atoms with E-state index in [2.05, 4.69) is 5.32 Å². The number of cyclic esters (lactones) is 1. The normalized spacial score (nSPS) is 24.8. The van der Waals surface area contributed by atoms with Crippen molar-refractivity contribution < 1.29 is 27.5 Å². The summed E-state index contributed by atoms with van der Waals surface area (Å²) in [5.41, 5.74) is -3.77. The van der Waals surface area contributed by atoms with Crippen molar-refractivity contribution in [2.45, 2.75) is 35.2 Å². The second-order valence-corrected chi connectivity index (χ2v) is 10.9. The Kier molecular flexibility index (Phi) is 4.55. The van der Waals surface area contributed by atoms with E-state index >= 15 is 0 Å². The van der Waals surface area contributed by atoms with E-state index < -0.39 is 27.8 Å². The molecule has 4 fully saturated rings. The molecule has 0 aromatic heterocycles. The van der Waals surface area contributed by atoms with Gasteiger partial charge in [0.2, 0.25) is 0 Å². The molecule has 1 saturated carbocycles. The van der Waals surface area contributed by atoms with Crippen LogP contribution in [-0.4, -0.2) is 65.8 Å². The van der Waals surface area contributed by atoms with Gasteiger partial charge in [-0.15, -0.1) is 0 Å². The number of carbonyl (C=O) groups excluding carboxylic acids is 2. The summed E-state index contributed by atoms with van der Waals surface area (Å²) in [6.45, 7) is 2.74. The van der Waals surface area contributed by atoms with Gasteiger partial charge in [0.1, 0.15) is 12.1 Å². The molecule has 5 rings (SSSR count). The van der Waals surface area contributed by atoms with Gasteiger partial charge in [0.25, 0.3) is 0 Å². The lowest BCUT2D eigenvalue weighted by Crippen LogP contribution is -2.74. The van der Waals surface area contributed by atoms with Crippen LogP contribution in [0.5, 0.6) is 0 Å².